The number of nitrogens with zero attached hydrogens (tertiary/aromatic N) is 1. The van der Waals surface area contributed by atoms with Crippen molar-refractivity contribution in [2.45, 2.75) is 37.6 Å². The van der Waals surface area contributed by atoms with Crippen LogP contribution in [0.3, 0.4) is 0 Å². The third-order valence-corrected chi connectivity index (χ3v) is 3.84. The van der Waals surface area contributed by atoms with Crippen molar-refractivity contribution in [2.75, 3.05) is 13.2 Å². The second kappa shape index (κ2) is 6.90. The zero-order valence-electron chi connectivity index (χ0n) is 11.4. The van der Waals surface area contributed by atoms with E-state index in [1.165, 1.54) is 0 Å². The van der Waals surface area contributed by atoms with Gasteiger partial charge in [0.1, 0.15) is 11.6 Å². The third kappa shape index (κ3) is 3.84. The lowest BCUT2D eigenvalue weighted by Crippen LogP contribution is -2.55. The number of amides is 1. The summed E-state index contributed by atoms with van der Waals surface area (Å²) >= 11 is 5.91. The van der Waals surface area contributed by atoms with Gasteiger partial charge in [-0.05, 0) is 25.0 Å². The summed E-state index contributed by atoms with van der Waals surface area (Å²) in [5.41, 5.74) is 5.43. The largest absolute Gasteiger partial charge is 0.475 e. The maximum absolute atomic E-state index is 12.1. The third-order valence-electron chi connectivity index (χ3n) is 3.55. The standard InChI is InChI=1S/C14H20ClN3O2/c15-11-5-4-8-17-12(11)20-10-9-18-13(19)14(16)6-2-1-3-7-14/h4-5,8H,1-3,6-7,9-10,16H2,(H,18,19). The highest BCUT2D eigenvalue weighted by molar-refractivity contribution is 6.31. The van der Waals surface area contributed by atoms with Gasteiger partial charge in [-0.2, -0.15) is 0 Å². The summed E-state index contributed by atoms with van der Waals surface area (Å²) in [6.45, 7) is 0.712. The normalized spacial score (nSPS) is 17.5. The smallest absolute Gasteiger partial charge is 0.240 e. The zero-order chi connectivity index (χ0) is 14.4. The highest BCUT2D eigenvalue weighted by atomic mass is 35.5. The minimum Gasteiger partial charge on any atom is -0.475 e. The summed E-state index contributed by atoms with van der Waals surface area (Å²) in [7, 11) is 0. The van der Waals surface area contributed by atoms with E-state index in [-0.39, 0.29) is 5.91 Å². The molecule has 20 heavy (non-hydrogen) atoms. The van der Waals surface area contributed by atoms with Crippen molar-refractivity contribution >= 4 is 17.5 Å². The predicted octanol–water partition coefficient (Wildman–Crippen LogP) is 1.89. The van der Waals surface area contributed by atoms with E-state index in [0.717, 1.165) is 32.1 Å². The highest BCUT2D eigenvalue weighted by Crippen LogP contribution is 2.25. The van der Waals surface area contributed by atoms with Gasteiger partial charge in [0.15, 0.2) is 0 Å². The Bertz CT molecular complexity index is 461. The second-order valence-electron chi connectivity index (χ2n) is 5.11. The Kier molecular flexibility index (Phi) is 5.20. The van der Waals surface area contributed by atoms with Crippen molar-refractivity contribution in [1.29, 1.82) is 0 Å². The lowest BCUT2D eigenvalue weighted by molar-refractivity contribution is -0.127. The quantitative estimate of drug-likeness (QED) is 0.814. The first-order valence-electron chi connectivity index (χ1n) is 6.92. The summed E-state index contributed by atoms with van der Waals surface area (Å²) in [4.78, 5) is 16.1. The molecule has 5 nitrogen and oxygen atoms in total. The van der Waals surface area contributed by atoms with Crippen LogP contribution in [0.4, 0.5) is 0 Å². The van der Waals surface area contributed by atoms with E-state index in [1.807, 2.05) is 0 Å². The van der Waals surface area contributed by atoms with Gasteiger partial charge in [-0.15, -0.1) is 0 Å². The number of carbonyl (C=O) groups excluding carboxylic acids is 1. The average Bonchev–Trinajstić information content (AvgIpc) is 2.46. The average molecular weight is 298 g/mol. The van der Waals surface area contributed by atoms with Crippen molar-refractivity contribution in [3.63, 3.8) is 0 Å². The summed E-state index contributed by atoms with van der Waals surface area (Å²) < 4.78 is 5.41. The van der Waals surface area contributed by atoms with Crippen molar-refractivity contribution in [3.05, 3.63) is 23.4 Å². The SMILES string of the molecule is NC1(C(=O)NCCOc2ncccc2Cl)CCCCC1. The van der Waals surface area contributed by atoms with Crippen LogP contribution < -0.4 is 15.8 Å². The first-order chi connectivity index (χ1) is 9.62. The van der Waals surface area contributed by atoms with Gasteiger partial charge in [-0.1, -0.05) is 30.9 Å². The van der Waals surface area contributed by atoms with Gasteiger partial charge in [0.05, 0.1) is 12.1 Å². The first-order valence-corrected chi connectivity index (χ1v) is 7.30. The molecule has 0 saturated heterocycles. The second-order valence-corrected chi connectivity index (χ2v) is 5.52. The zero-order valence-corrected chi connectivity index (χ0v) is 12.2. The van der Waals surface area contributed by atoms with Crippen molar-refractivity contribution in [2.24, 2.45) is 5.73 Å². The van der Waals surface area contributed by atoms with E-state index in [4.69, 9.17) is 22.1 Å². The highest BCUT2D eigenvalue weighted by Gasteiger charge is 2.34. The summed E-state index contributed by atoms with van der Waals surface area (Å²) in [5.74, 6) is 0.288. The molecule has 110 valence electrons. The van der Waals surface area contributed by atoms with E-state index < -0.39 is 5.54 Å². The Hall–Kier alpha value is -1.33. The molecule has 2 rings (SSSR count). The number of rotatable bonds is 5. The molecule has 0 unspecified atom stereocenters. The van der Waals surface area contributed by atoms with Gasteiger partial charge < -0.3 is 15.8 Å². The van der Waals surface area contributed by atoms with Crippen LogP contribution in [0.5, 0.6) is 5.88 Å². The molecule has 1 aromatic rings. The van der Waals surface area contributed by atoms with Gasteiger partial charge in [-0.3, -0.25) is 4.79 Å². The molecule has 0 radical (unpaired) electrons. The number of hydrogen-bond acceptors (Lipinski definition) is 4. The van der Waals surface area contributed by atoms with Gasteiger partial charge in [-0.25, -0.2) is 4.98 Å². The molecule has 1 aliphatic carbocycles. The number of carbonyl (C=O) groups is 1. The summed E-state index contributed by atoms with van der Waals surface area (Å²) in [6.07, 6.45) is 6.32. The van der Waals surface area contributed by atoms with Crippen molar-refractivity contribution < 1.29 is 9.53 Å². The van der Waals surface area contributed by atoms with Gasteiger partial charge >= 0.3 is 0 Å². The number of pyridine rings is 1. The molecule has 0 bridgehead atoms. The molecule has 1 heterocycles. The molecule has 3 N–H and O–H groups in total. The van der Waals surface area contributed by atoms with E-state index >= 15 is 0 Å². The Morgan fingerprint density at radius 1 is 1.45 bits per heavy atom. The molecule has 0 aliphatic heterocycles. The minimum atomic E-state index is -0.707. The number of hydrogen-bond donors (Lipinski definition) is 2. The van der Waals surface area contributed by atoms with Crippen LogP contribution in [0.15, 0.2) is 18.3 Å². The van der Waals surface area contributed by atoms with Crippen LogP contribution in [-0.4, -0.2) is 29.6 Å². The van der Waals surface area contributed by atoms with Crippen LogP contribution in [0, 0.1) is 0 Å². The first kappa shape index (κ1) is 15.1. The molecule has 1 fully saturated rings. The van der Waals surface area contributed by atoms with E-state index in [1.54, 1.807) is 18.3 Å². The summed E-state index contributed by atoms with van der Waals surface area (Å²) in [6, 6.07) is 3.44. The fourth-order valence-corrected chi connectivity index (χ4v) is 2.55. The molecule has 1 saturated carbocycles. The lowest BCUT2D eigenvalue weighted by Gasteiger charge is -2.31. The molecule has 6 heteroatoms. The maximum atomic E-state index is 12.1. The Balaban J connectivity index is 1.73. The fraction of sp³-hybridized carbons (Fsp3) is 0.571. The topological polar surface area (TPSA) is 77.2 Å². The molecule has 1 amide bonds. The Morgan fingerprint density at radius 2 is 2.20 bits per heavy atom. The van der Waals surface area contributed by atoms with Crippen molar-refractivity contribution in [1.82, 2.24) is 10.3 Å². The number of nitrogens with one attached hydrogen (secondary N) is 1. The van der Waals surface area contributed by atoms with Gasteiger partial charge in [0, 0.05) is 6.20 Å². The molecule has 1 aliphatic rings. The van der Waals surface area contributed by atoms with Gasteiger partial charge in [0.25, 0.3) is 0 Å². The molecule has 1 aromatic heterocycles. The number of halogens is 1. The van der Waals surface area contributed by atoms with E-state index in [9.17, 15) is 4.79 Å². The minimum absolute atomic E-state index is 0.0899. The Labute approximate surface area is 123 Å². The van der Waals surface area contributed by atoms with Crippen molar-refractivity contribution in [3.8, 4) is 5.88 Å². The van der Waals surface area contributed by atoms with Crippen LogP contribution in [-0.2, 0) is 4.79 Å². The summed E-state index contributed by atoms with van der Waals surface area (Å²) in [5, 5.41) is 3.28. The van der Waals surface area contributed by atoms with Crippen LogP contribution >= 0.6 is 11.6 Å². The number of ether oxygens (including phenoxy) is 1. The number of aromatic nitrogens is 1. The molecule has 0 atom stereocenters. The molecular formula is C14H20ClN3O2. The molecule has 0 aromatic carbocycles. The van der Waals surface area contributed by atoms with Crippen LogP contribution in [0.1, 0.15) is 32.1 Å². The van der Waals surface area contributed by atoms with Crippen LogP contribution in [0.25, 0.3) is 0 Å². The monoisotopic (exact) mass is 297 g/mol. The van der Waals surface area contributed by atoms with Crippen LogP contribution in [0.2, 0.25) is 5.02 Å². The lowest BCUT2D eigenvalue weighted by atomic mass is 9.82. The number of nitrogens with two attached hydrogens (primary N) is 1. The van der Waals surface area contributed by atoms with E-state index in [0.29, 0.717) is 24.1 Å². The molecule has 0 spiro atoms. The molecular weight excluding hydrogens is 278 g/mol. The predicted molar refractivity (Wildman–Crippen MR) is 77.8 cm³/mol. The fourth-order valence-electron chi connectivity index (χ4n) is 2.38. The maximum Gasteiger partial charge on any atom is 0.240 e. The van der Waals surface area contributed by atoms with Gasteiger partial charge in [0.2, 0.25) is 11.8 Å². The van der Waals surface area contributed by atoms with E-state index in [2.05, 4.69) is 10.3 Å². The Morgan fingerprint density at radius 3 is 2.90 bits per heavy atom.